The van der Waals surface area contributed by atoms with Gasteiger partial charge in [0.05, 0.1) is 6.54 Å². The Morgan fingerprint density at radius 3 is 2.72 bits per heavy atom. The minimum Gasteiger partial charge on any atom is -0.445 e. The molecule has 0 spiro atoms. The molecule has 1 unspecified atom stereocenters. The number of nitrogens with zero attached hydrogens (tertiary/aromatic N) is 3. The third-order valence-corrected chi connectivity index (χ3v) is 5.91. The Bertz CT molecular complexity index is 813. The van der Waals surface area contributed by atoms with Crippen molar-refractivity contribution in [3.05, 3.63) is 48.0 Å². The second-order valence-electron chi connectivity index (χ2n) is 8.21. The van der Waals surface area contributed by atoms with Gasteiger partial charge in [0.15, 0.2) is 0 Å². The van der Waals surface area contributed by atoms with Crippen molar-refractivity contribution in [3.8, 4) is 0 Å². The van der Waals surface area contributed by atoms with Gasteiger partial charge in [-0.3, -0.25) is 14.5 Å². The molecule has 0 saturated carbocycles. The molecule has 2 N–H and O–H groups in total. The summed E-state index contributed by atoms with van der Waals surface area (Å²) < 4.78 is 5.45. The predicted octanol–water partition coefficient (Wildman–Crippen LogP) is 2.49. The fourth-order valence-corrected chi connectivity index (χ4v) is 4.28. The van der Waals surface area contributed by atoms with E-state index < -0.39 is 18.3 Å². The number of fused-ring (bicyclic) bond motifs is 1. The Labute approximate surface area is 190 Å². The largest absolute Gasteiger partial charge is 0.445 e. The minimum atomic E-state index is -0.617. The van der Waals surface area contributed by atoms with E-state index in [1.165, 1.54) is 0 Å². The number of benzene rings is 1. The first-order valence-corrected chi connectivity index (χ1v) is 11.5. The van der Waals surface area contributed by atoms with E-state index >= 15 is 0 Å². The summed E-state index contributed by atoms with van der Waals surface area (Å²) in [7, 11) is 0. The maximum atomic E-state index is 13.3. The number of rotatable bonds is 9. The van der Waals surface area contributed by atoms with Crippen LogP contribution < -0.4 is 5.73 Å². The lowest BCUT2D eigenvalue weighted by Gasteiger charge is -2.51. The fraction of sp³-hybridized carbons (Fsp3) is 0.542. The quantitative estimate of drug-likeness (QED) is 0.593. The number of hydrogen-bond acceptors (Lipinski definition) is 5. The average molecular weight is 443 g/mol. The molecule has 3 rings (SSSR count). The van der Waals surface area contributed by atoms with Crippen LogP contribution in [0.4, 0.5) is 4.79 Å². The maximum absolute atomic E-state index is 13.3. The highest BCUT2D eigenvalue weighted by Gasteiger charge is 2.48. The van der Waals surface area contributed by atoms with Crippen molar-refractivity contribution >= 4 is 17.9 Å². The van der Waals surface area contributed by atoms with Gasteiger partial charge < -0.3 is 20.3 Å². The van der Waals surface area contributed by atoms with Gasteiger partial charge in [0.2, 0.25) is 11.8 Å². The molecule has 3 amide bonds. The highest BCUT2D eigenvalue weighted by Crippen LogP contribution is 2.29. The zero-order valence-corrected chi connectivity index (χ0v) is 18.8. The number of amides is 3. The van der Waals surface area contributed by atoms with Gasteiger partial charge in [-0.2, -0.15) is 0 Å². The van der Waals surface area contributed by atoms with Gasteiger partial charge in [-0.1, -0.05) is 55.8 Å². The Hall–Kier alpha value is -2.87. The molecule has 0 bridgehead atoms. The van der Waals surface area contributed by atoms with E-state index in [2.05, 4.69) is 6.92 Å². The molecule has 8 nitrogen and oxygen atoms in total. The topological polar surface area (TPSA) is 96.2 Å². The van der Waals surface area contributed by atoms with E-state index in [0.29, 0.717) is 25.9 Å². The van der Waals surface area contributed by atoms with Gasteiger partial charge in [0.25, 0.3) is 0 Å². The lowest BCUT2D eigenvalue weighted by atomic mass is 9.99. The number of ether oxygens (including phenoxy) is 1. The number of carbonyl (C=O) groups is 3. The first kappa shape index (κ1) is 23.8. The van der Waals surface area contributed by atoms with Gasteiger partial charge in [-0.15, -0.1) is 0 Å². The number of nitrogens with two attached hydrogens (primary N) is 1. The molecular weight excluding hydrogens is 408 g/mol. The summed E-state index contributed by atoms with van der Waals surface area (Å²) in [5, 5.41) is 0. The zero-order valence-electron chi connectivity index (χ0n) is 18.8. The summed E-state index contributed by atoms with van der Waals surface area (Å²) >= 11 is 0. The molecular formula is C24H34N4O4. The minimum absolute atomic E-state index is 0.0929. The van der Waals surface area contributed by atoms with E-state index in [9.17, 15) is 14.4 Å². The van der Waals surface area contributed by atoms with E-state index in [1.807, 2.05) is 42.5 Å². The Kier molecular flexibility index (Phi) is 8.67. The van der Waals surface area contributed by atoms with Crippen molar-refractivity contribution in [1.82, 2.24) is 14.7 Å². The summed E-state index contributed by atoms with van der Waals surface area (Å²) in [6.45, 7) is 3.69. The third-order valence-electron chi connectivity index (χ3n) is 5.91. The van der Waals surface area contributed by atoms with Gasteiger partial charge in [-0.25, -0.2) is 4.79 Å². The molecule has 1 aromatic carbocycles. The normalized spacial score (nSPS) is 21.2. The summed E-state index contributed by atoms with van der Waals surface area (Å²) in [4.78, 5) is 44.0. The molecule has 0 aliphatic carbocycles. The molecule has 2 heterocycles. The Balaban J connectivity index is 1.79. The molecule has 2 aliphatic heterocycles. The number of hydrogen-bond donors (Lipinski definition) is 1. The third kappa shape index (κ3) is 5.68. The van der Waals surface area contributed by atoms with Gasteiger partial charge in [0.1, 0.15) is 18.8 Å². The SMILES string of the molecule is CCCC=CCOC(=O)N1CCC(=O)N2C(CCCN)C(=O)N(Cc3ccccc3)C[C@H]12. The number of piperazine rings is 1. The zero-order chi connectivity index (χ0) is 22.9. The first-order chi connectivity index (χ1) is 15.6. The molecule has 2 atom stereocenters. The van der Waals surface area contributed by atoms with Crippen LogP contribution in [0.3, 0.4) is 0 Å². The van der Waals surface area contributed by atoms with Crippen molar-refractivity contribution in [2.45, 2.75) is 57.8 Å². The molecule has 174 valence electrons. The van der Waals surface area contributed by atoms with E-state index in [0.717, 1.165) is 18.4 Å². The van der Waals surface area contributed by atoms with Gasteiger partial charge in [-0.05, 0) is 31.4 Å². The molecule has 0 aromatic heterocycles. The highest BCUT2D eigenvalue weighted by atomic mass is 16.6. The average Bonchev–Trinajstić information content (AvgIpc) is 2.80. The van der Waals surface area contributed by atoms with Crippen molar-refractivity contribution < 1.29 is 19.1 Å². The number of carbonyl (C=O) groups excluding carboxylic acids is 3. The summed E-state index contributed by atoms with van der Waals surface area (Å²) in [6.07, 6.45) is 6.09. The summed E-state index contributed by atoms with van der Waals surface area (Å²) in [6, 6.07) is 9.11. The molecule has 32 heavy (non-hydrogen) atoms. The van der Waals surface area contributed by atoms with Crippen molar-refractivity contribution in [2.24, 2.45) is 5.73 Å². The van der Waals surface area contributed by atoms with Crippen LogP contribution >= 0.6 is 0 Å². The first-order valence-electron chi connectivity index (χ1n) is 11.5. The van der Waals surface area contributed by atoms with Gasteiger partial charge in [0, 0.05) is 19.5 Å². The van der Waals surface area contributed by atoms with E-state index in [-0.39, 0.29) is 37.9 Å². The van der Waals surface area contributed by atoms with Crippen LogP contribution in [0.25, 0.3) is 0 Å². The molecule has 2 saturated heterocycles. The fourth-order valence-electron chi connectivity index (χ4n) is 4.28. The lowest BCUT2D eigenvalue weighted by Crippen LogP contribution is -2.71. The van der Waals surface area contributed by atoms with Crippen LogP contribution in [0, 0.1) is 0 Å². The summed E-state index contributed by atoms with van der Waals surface area (Å²) in [5.74, 6) is -0.193. The Morgan fingerprint density at radius 1 is 1.22 bits per heavy atom. The molecule has 2 fully saturated rings. The maximum Gasteiger partial charge on any atom is 0.411 e. The second-order valence-corrected chi connectivity index (χ2v) is 8.21. The van der Waals surface area contributed by atoms with Crippen LogP contribution in [0.5, 0.6) is 0 Å². The van der Waals surface area contributed by atoms with E-state index in [1.54, 1.807) is 14.7 Å². The highest BCUT2D eigenvalue weighted by molar-refractivity contribution is 5.90. The van der Waals surface area contributed by atoms with E-state index in [4.69, 9.17) is 10.5 Å². The van der Waals surface area contributed by atoms with Crippen molar-refractivity contribution in [1.29, 1.82) is 0 Å². The monoisotopic (exact) mass is 442 g/mol. The molecule has 2 aliphatic rings. The van der Waals surface area contributed by atoms with Crippen molar-refractivity contribution in [3.63, 3.8) is 0 Å². The Morgan fingerprint density at radius 2 is 2.00 bits per heavy atom. The predicted molar refractivity (Wildman–Crippen MR) is 121 cm³/mol. The van der Waals surface area contributed by atoms with Crippen LogP contribution in [-0.4, -0.2) is 71.1 Å². The summed E-state index contributed by atoms with van der Waals surface area (Å²) in [5.41, 5.74) is 6.70. The van der Waals surface area contributed by atoms with Crippen molar-refractivity contribution in [2.75, 3.05) is 26.2 Å². The van der Waals surface area contributed by atoms with Crippen LogP contribution in [-0.2, 0) is 20.9 Å². The number of unbranched alkanes of at least 4 members (excludes halogenated alkanes) is 1. The molecule has 0 radical (unpaired) electrons. The standard InChI is InChI=1S/C24H34N4O4/c1-2-3-4-8-16-32-24(31)27-15-13-22(29)28-20(12-9-14-25)23(30)26(18-21(27)28)17-19-10-6-5-7-11-19/h4-8,10-11,20-21H,2-3,9,12-18,25H2,1H3/t20?,21-/m1/s1. The molecule has 8 heteroatoms. The molecule has 1 aromatic rings. The number of allylic oxidation sites excluding steroid dienone is 1. The smallest absolute Gasteiger partial charge is 0.411 e. The van der Waals surface area contributed by atoms with Gasteiger partial charge >= 0.3 is 6.09 Å². The lowest BCUT2D eigenvalue weighted by molar-refractivity contribution is -0.168. The second kappa shape index (κ2) is 11.7. The van der Waals surface area contributed by atoms with Crippen LogP contribution in [0.15, 0.2) is 42.5 Å². The van der Waals surface area contributed by atoms with Crippen LogP contribution in [0.2, 0.25) is 0 Å². The van der Waals surface area contributed by atoms with Crippen LogP contribution in [0.1, 0.15) is 44.6 Å².